The number of amides is 1. The van der Waals surface area contributed by atoms with Gasteiger partial charge < -0.3 is 5.32 Å². The molecule has 4 heteroatoms. The molecule has 0 fully saturated rings. The van der Waals surface area contributed by atoms with E-state index in [1.165, 1.54) is 4.88 Å². The lowest BCUT2D eigenvalue weighted by Crippen LogP contribution is -2.21. The first kappa shape index (κ1) is 18.3. The maximum Gasteiger partial charge on any atom is 0.227 e. The number of nitrogens with zero attached hydrogens (tertiary/aromatic N) is 1. The van der Waals surface area contributed by atoms with Crippen LogP contribution in [0.2, 0.25) is 0 Å². The van der Waals surface area contributed by atoms with Gasteiger partial charge in [0.1, 0.15) is 5.01 Å². The van der Waals surface area contributed by atoms with E-state index in [1.54, 1.807) is 11.3 Å². The van der Waals surface area contributed by atoms with Gasteiger partial charge in [0.15, 0.2) is 0 Å². The first-order valence-electron chi connectivity index (χ1n) is 9.06. The van der Waals surface area contributed by atoms with Crippen molar-refractivity contribution in [1.29, 1.82) is 0 Å². The molecular weight excluding hydrogens is 340 g/mol. The van der Waals surface area contributed by atoms with E-state index in [1.807, 2.05) is 56.3 Å². The molecule has 0 radical (unpaired) electrons. The third-order valence-corrected chi connectivity index (χ3v) is 5.62. The van der Waals surface area contributed by atoms with Gasteiger partial charge in [-0.1, -0.05) is 56.3 Å². The van der Waals surface area contributed by atoms with Gasteiger partial charge in [0.05, 0.1) is 5.69 Å². The SMILES string of the molecule is CCC(CC)C(=O)Nc1ccc(-c2nc(-c3ccccc3)sc2C)cc1. The molecule has 26 heavy (non-hydrogen) atoms. The van der Waals surface area contributed by atoms with Gasteiger partial charge in [-0.3, -0.25) is 4.79 Å². The van der Waals surface area contributed by atoms with Crippen LogP contribution in [0.3, 0.4) is 0 Å². The molecule has 1 N–H and O–H groups in total. The van der Waals surface area contributed by atoms with E-state index in [2.05, 4.69) is 24.4 Å². The van der Waals surface area contributed by atoms with Gasteiger partial charge >= 0.3 is 0 Å². The Morgan fingerprint density at radius 2 is 1.65 bits per heavy atom. The van der Waals surface area contributed by atoms with Crippen LogP contribution in [-0.4, -0.2) is 10.9 Å². The van der Waals surface area contributed by atoms with E-state index < -0.39 is 0 Å². The molecule has 1 aromatic heterocycles. The number of hydrogen-bond donors (Lipinski definition) is 1. The van der Waals surface area contributed by atoms with Gasteiger partial charge in [-0.05, 0) is 31.9 Å². The van der Waals surface area contributed by atoms with Crippen LogP contribution in [0.5, 0.6) is 0 Å². The molecule has 0 spiro atoms. The zero-order valence-electron chi connectivity index (χ0n) is 15.5. The number of nitrogens with one attached hydrogen (secondary N) is 1. The summed E-state index contributed by atoms with van der Waals surface area (Å²) in [6.07, 6.45) is 1.72. The van der Waals surface area contributed by atoms with Crippen LogP contribution in [0.1, 0.15) is 31.6 Å². The van der Waals surface area contributed by atoms with Crippen molar-refractivity contribution in [2.24, 2.45) is 5.92 Å². The van der Waals surface area contributed by atoms with Crippen molar-refractivity contribution in [2.75, 3.05) is 5.32 Å². The number of anilines is 1. The fourth-order valence-corrected chi connectivity index (χ4v) is 3.92. The molecule has 0 aliphatic rings. The van der Waals surface area contributed by atoms with Crippen molar-refractivity contribution in [3.05, 3.63) is 59.5 Å². The molecular formula is C22H24N2OS. The van der Waals surface area contributed by atoms with Crippen LogP contribution >= 0.6 is 11.3 Å². The Hall–Kier alpha value is -2.46. The standard InChI is InChI=1S/C22H24N2OS/c1-4-16(5-2)21(25)23-19-13-11-17(12-14-19)20-15(3)26-22(24-20)18-9-7-6-8-10-18/h6-14,16H,4-5H2,1-3H3,(H,23,25). The average molecular weight is 365 g/mol. The van der Waals surface area contributed by atoms with Crippen LogP contribution < -0.4 is 5.32 Å². The Balaban J connectivity index is 1.79. The van der Waals surface area contributed by atoms with E-state index in [-0.39, 0.29) is 11.8 Å². The van der Waals surface area contributed by atoms with Crippen molar-refractivity contribution in [2.45, 2.75) is 33.6 Å². The molecule has 3 aromatic rings. The van der Waals surface area contributed by atoms with E-state index in [0.29, 0.717) is 0 Å². The average Bonchev–Trinajstić information content (AvgIpc) is 3.06. The highest BCUT2D eigenvalue weighted by Gasteiger charge is 2.15. The van der Waals surface area contributed by atoms with E-state index in [9.17, 15) is 4.79 Å². The number of thiazole rings is 1. The lowest BCUT2D eigenvalue weighted by Gasteiger charge is -2.13. The molecule has 1 amide bonds. The van der Waals surface area contributed by atoms with Crippen LogP contribution in [-0.2, 0) is 4.79 Å². The first-order chi connectivity index (χ1) is 12.6. The lowest BCUT2D eigenvalue weighted by molar-refractivity contribution is -0.120. The smallest absolute Gasteiger partial charge is 0.227 e. The highest BCUT2D eigenvalue weighted by atomic mass is 32.1. The van der Waals surface area contributed by atoms with Crippen LogP contribution in [0.15, 0.2) is 54.6 Å². The van der Waals surface area contributed by atoms with Gasteiger partial charge in [0, 0.05) is 27.6 Å². The number of carbonyl (C=O) groups excluding carboxylic acids is 1. The minimum atomic E-state index is 0.0730. The number of aromatic nitrogens is 1. The predicted octanol–water partition coefficient (Wildman–Crippen LogP) is 6.16. The largest absolute Gasteiger partial charge is 0.326 e. The Labute approximate surface area is 159 Å². The molecule has 0 bridgehead atoms. The summed E-state index contributed by atoms with van der Waals surface area (Å²) in [4.78, 5) is 18.2. The maximum absolute atomic E-state index is 12.2. The van der Waals surface area contributed by atoms with Crippen LogP contribution in [0, 0.1) is 12.8 Å². The highest BCUT2D eigenvalue weighted by Crippen LogP contribution is 2.33. The first-order valence-corrected chi connectivity index (χ1v) is 9.88. The zero-order valence-corrected chi connectivity index (χ0v) is 16.3. The van der Waals surface area contributed by atoms with Crippen molar-refractivity contribution in [3.63, 3.8) is 0 Å². The Morgan fingerprint density at radius 3 is 2.27 bits per heavy atom. The molecule has 3 nitrogen and oxygen atoms in total. The molecule has 134 valence electrons. The van der Waals surface area contributed by atoms with Crippen molar-refractivity contribution < 1.29 is 4.79 Å². The quantitative estimate of drug-likeness (QED) is 0.569. The van der Waals surface area contributed by atoms with Gasteiger partial charge in [0.25, 0.3) is 0 Å². The number of aryl methyl sites for hydroxylation is 1. The fourth-order valence-electron chi connectivity index (χ4n) is 2.98. The molecule has 0 saturated carbocycles. The lowest BCUT2D eigenvalue weighted by atomic mass is 10.0. The molecule has 0 unspecified atom stereocenters. The van der Waals surface area contributed by atoms with E-state index >= 15 is 0 Å². The van der Waals surface area contributed by atoms with Crippen LogP contribution in [0.4, 0.5) is 5.69 Å². The predicted molar refractivity (Wildman–Crippen MR) is 110 cm³/mol. The highest BCUT2D eigenvalue weighted by molar-refractivity contribution is 7.15. The minimum absolute atomic E-state index is 0.0730. The molecule has 0 atom stereocenters. The van der Waals surface area contributed by atoms with Gasteiger partial charge in [-0.2, -0.15) is 0 Å². The molecule has 1 heterocycles. The summed E-state index contributed by atoms with van der Waals surface area (Å²) < 4.78 is 0. The summed E-state index contributed by atoms with van der Waals surface area (Å²) in [6.45, 7) is 6.20. The monoisotopic (exact) mass is 364 g/mol. The second-order valence-electron chi connectivity index (χ2n) is 6.37. The third-order valence-electron chi connectivity index (χ3n) is 4.60. The summed E-state index contributed by atoms with van der Waals surface area (Å²) >= 11 is 1.71. The Bertz CT molecular complexity index is 865. The van der Waals surface area contributed by atoms with Crippen molar-refractivity contribution in [3.8, 4) is 21.8 Å². The van der Waals surface area contributed by atoms with Crippen molar-refractivity contribution >= 4 is 22.9 Å². The van der Waals surface area contributed by atoms with Crippen molar-refractivity contribution in [1.82, 2.24) is 4.98 Å². The normalized spacial score (nSPS) is 10.9. The number of rotatable bonds is 6. The topological polar surface area (TPSA) is 42.0 Å². The van der Waals surface area contributed by atoms with Gasteiger partial charge in [0.2, 0.25) is 5.91 Å². The molecule has 3 rings (SSSR count). The summed E-state index contributed by atoms with van der Waals surface area (Å²) in [7, 11) is 0. The Kier molecular flexibility index (Phi) is 5.84. The van der Waals surface area contributed by atoms with E-state index in [0.717, 1.165) is 40.4 Å². The molecule has 0 aliphatic heterocycles. The zero-order chi connectivity index (χ0) is 18.5. The summed E-state index contributed by atoms with van der Waals surface area (Å²) in [5.74, 6) is 0.169. The van der Waals surface area contributed by atoms with Gasteiger partial charge in [-0.25, -0.2) is 4.98 Å². The summed E-state index contributed by atoms with van der Waals surface area (Å²) in [6, 6.07) is 18.2. The van der Waals surface area contributed by atoms with Crippen LogP contribution in [0.25, 0.3) is 21.8 Å². The molecule has 0 aliphatic carbocycles. The number of hydrogen-bond acceptors (Lipinski definition) is 3. The fraction of sp³-hybridized carbons (Fsp3) is 0.273. The molecule has 0 saturated heterocycles. The maximum atomic E-state index is 12.2. The Morgan fingerprint density at radius 1 is 1.00 bits per heavy atom. The number of benzene rings is 2. The summed E-state index contributed by atoms with van der Waals surface area (Å²) in [5, 5.41) is 4.04. The number of carbonyl (C=O) groups is 1. The minimum Gasteiger partial charge on any atom is -0.326 e. The molecule has 2 aromatic carbocycles. The van der Waals surface area contributed by atoms with Gasteiger partial charge in [-0.15, -0.1) is 11.3 Å². The summed E-state index contributed by atoms with van der Waals surface area (Å²) in [5.41, 5.74) is 4.05. The second kappa shape index (κ2) is 8.28. The second-order valence-corrected chi connectivity index (χ2v) is 7.57. The third kappa shape index (κ3) is 4.02. The van der Waals surface area contributed by atoms with E-state index in [4.69, 9.17) is 4.98 Å².